The molecule has 3 saturated heterocycles. The van der Waals surface area contributed by atoms with Crippen LogP contribution in [-0.4, -0.2) is 25.2 Å². The fraction of sp³-hybridized carbons (Fsp3) is 0.538. The number of hydrogen-bond donors (Lipinski definition) is 1. The molecule has 2 bridgehead atoms. The van der Waals surface area contributed by atoms with E-state index in [1.54, 1.807) is 12.1 Å². The number of anilines is 1. The smallest absolute Gasteiger partial charge is 0.125 e. The second-order valence-electron chi connectivity index (χ2n) is 4.80. The molecule has 0 saturated carbocycles. The summed E-state index contributed by atoms with van der Waals surface area (Å²) < 4.78 is 13.2. The molecule has 0 radical (unpaired) electrons. The van der Waals surface area contributed by atoms with E-state index in [0.29, 0.717) is 12.1 Å². The fourth-order valence-electron chi connectivity index (χ4n) is 2.92. The second kappa shape index (κ2) is 4.06. The van der Waals surface area contributed by atoms with Gasteiger partial charge in [-0.25, -0.2) is 4.39 Å². The van der Waals surface area contributed by atoms with Crippen molar-refractivity contribution >= 4 is 5.69 Å². The van der Waals surface area contributed by atoms with Crippen molar-refractivity contribution in [2.24, 2.45) is 0 Å². The van der Waals surface area contributed by atoms with Gasteiger partial charge in [0.2, 0.25) is 0 Å². The van der Waals surface area contributed by atoms with Gasteiger partial charge in [0.05, 0.1) is 0 Å². The van der Waals surface area contributed by atoms with Gasteiger partial charge >= 0.3 is 0 Å². The maximum absolute atomic E-state index is 13.2. The summed E-state index contributed by atoms with van der Waals surface area (Å²) in [5.74, 6) is -0.134. The van der Waals surface area contributed by atoms with E-state index in [1.165, 1.54) is 25.3 Å². The highest BCUT2D eigenvalue weighted by molar-refractivity contribution is 5.48. The number of nitrogens with one attached hydrogen (secondary N) is 1. The van der Waals surface area contributed by atoms with Crippen LogP contribution in [0.3, 0.4) is 0 Å². The van der Waals surface area contributed by atoms with Crippen molar-refractivity contribution in [1.82, 2.24) is 5.32 Å². The number of halogens is 1. The van der Waals surface area contributed by atoms with Crippen LogP contribution in [0.4, 0.5) is 10.1 Å². The molecule has 0 aliphatic carbocycles. The Morgan fingerprint density at radius 1 is 1.25 bits per heavy atom. The van der Waals surface area contributed by atoms with Gasteiger partial charge in [-0.15, -0.1) is 0 Å². The zero-order valence-electron chi connectivity index (χ0n) is 9.32. The Morgan fingerprint density at radius 2 is 2.19 bits per heavy atom. The van der Waals surface area contributed by atoms with Crippen LogP contribution in [0, 0.1) is 5.82 Å². The van der Waals surface area contributed by atoms with Gasteiger partial charge in [-0.05, 0) is 44.0 Å². The molecule has 0 spiro atoms. The minimum absolute atomic E-state index is 0.134. The van der Waals surface area contributed by atoms with Gasteiger partial charge in [0, 0.05) is 24.3 Å². The Balaban J connectivity index is 1.89. The molecule has 1 aromatic carbocycles. The van der Waals surface area contributed by atoms with Gasteiger partial charge in [-0.2, -0.15) is 0 Å². The molecule has 3 heteroatoms. The van der Waals surface area contributed by atoms with Gasteiger partial charge in [-0.3, -0.25) is 0 Å². The van der Waals surface area contributed by atoms with E-state index < -0.39 is 0 Å². The van der Waals surface area contributed by atoms with Crippen LogP contribution in [0.5, 0.6) is 0 Å². The lowest BCUT2D eigenvalue weighted by Crippen LogP contribution is -2.46. The highest BCUT2D eigenvalue weighted by Gasteiger charge is 2.31. The average molecular weight is 220 g/mol. The summed E-state index contributed by atoms with van der Waals surface area (Å²) in [5.41, 5.74) is 1.04. The molecule has 0 amide bonds. The van der Waals surface area contributed by atoms with Gasteiger partial charge in [0.15, 0.2) is 0 Å². The molecular weight excluding hydrogens is 203 g/mol. The number of nitrogens with zero attached hydrogens (tertiary/aromatic N) is 1. The molecule has 3 aliphatic rings. The molecule has 3 heterocycles. The quantitative estimate of drug-likeness (QED) is 0.780. The Labute approximate surface area is 95.4 Å². The maximum atomic E-state index is 13.2. The van der Waals surface area contributed by atoms with Gasteiger partial charge in [0.25, 0.3) is 0 Å². The van der Waals surface area contributed by atoms with E-state index in [-0.39, 0.29) is 5.82 Å². The first kappa shape index (κ1) is 10.1. The van der Waals surface area contributed by atoms with E-state index in [2.05, 4.69) is 10.2 Å². The summed E-state index contributed by atoms with van der Waals surface area (Å²) in [6.45, 7) is 2.12. The number of benzene rings is 1. The van der Waals surface area contributed by atoms with Crippen molar-refractivity contribution in [1.29, 1.82) is 0 Å². The number of fused-ring (bicyclic) bond motifs is 4. The second-order valence-corrected chi connectivity index (χ2v) is 4.80. The van der Waals surface area contributed by atoms with Crippen LogP contribution < -0.4 is 10.2 Å². The first-order valence-electron chi connectivity index (χ1n) is 6.08. The number of piperidine rings is 1. The lowest BCUT2D eigenvalue weighted by atomic mass is 9.98. The normalized spacial score (nSPS) is 29.2. The van der Waals surface area contributed by atoms with Crippen LogP contribution in [0.1, 0.15) is 19.3 Å². The van der Waals surface area contributed by atoms with E-state index in [4.69, 9.17) is 0 Å². The molecule has 3 aliphatic heterocycles. The minimum atomic E-state index is -0.134. The Kier molecular flexibility index (Phi) is 2.56. The Morgan fingerprint density at radius 3 is 3.06 bits per heavy atom. The summed E-state index contributed by atoms with van der Waals surface area (Å²) in [5, 5.41) is 3.55. The summed E-state index contributed by atoms with van der Waals surface area (Å²) in [6.07, 6.45) is 3.66. The van der Waals surface area contributed by atoms with Crippen molar-refractivity contribution in [2.75, 3.05) is 18.0 Å². The average Bonchev–Trinajstić information content (AvgIpc) is 2.63. The first-order valence-corrected chi connectivity index (χ1v) is 6.08. The lowest BCUT2D eigenvalue weighted by molar-refractivity contribution is 0.429. The third-order valence-electron chi connectivity index (χ3n) is 3.76. The molecule has 86 valence electrons. The molecule has 16 heavy (non-hydrogen) atoms. The van der Waals surface area contributed by atoms with E-state index in [9.17, 15) is 4.39 Å². The highest BCUT2D eigenvalue weighted by atomic mass is 19.1. The Hall–Kier alpha value is -1.09. The molecule has 2 atom stereocenters. The van der Waals surface area contributed by atoms with Crippen molar-refractivity contribution in [3.8, 4) is 0 Å². The largest absolute Gasteiger partial charge is 0.367 e. The van der Waals surface area contributed by atoms with Crippen LogP contribution in [0.2, 0.25) is 0 Å². The van der Waals surface area contributed by atoms with E-state index in [0.717, 1.165) is 18.8 Å². The molecule has 2 nitrogen and oxygen atoms in total. The zero-order chi connectivity index (χ0) is 11.0. The van der Waals surface area contributed by atoms with Gasteiger partial charge in [-0.1, -0.05) is 6.07 Å². The summed E-state index contributed by atoms with van der Waals surface area (Å²) in [7, 11) is 0. The van der Waals surface area contributed by atoms with Crippen molar-refractivity contribution < 1.29 is 4.39 Å². The lowest BCUT2D eigenvalue weighted by Gasteiger charge is -2.38. The monoisotopic (exact) mass is 220 g/mol. The molecular formula is C13H17FN2. The minimum Gasteiger partial charge on any atom is -0.367 e. The fourth-order valence-corrected chi connectivity index (χ4v) is 2.92. The zero-order valence-corrected chi connectivity index (χ0v) is 9.32. The topological polar surface area (TPSA) is 15.3 Å². The molecule has 1 N–H and O–H groups in total. The van der Waals surface area contributed by atoms with Crippen LogP contribution in [0.15, 0.2) is 24.3 Å². The third kappa shape index (κ3) is 1.80. The number of hydrogen-bond acceptors (Lipinski definition) is 2. The van der Waals surface area contributed by atoms with Crippen LogP contribution in [-0.2, 0) is 0 Å². The van der Waals surface area contributed by atoms with E-state index in [1.807, 2.05) is 6.07 Å². The molecule has 1 aromatic rings. The predicted octanol–water partition coefficient (Wildman–Crippen LogP) is 2.16. The summed E-state index contributed by atoms with van der Waals surface area (Å²) >= 11 is 0. The van der Waals surface area contributed by atoms with Crippen LogP contribution in [0.25, 0.3) is 0 Å². The van der Waals surface area contributed by atoms with Gasteiger partial charge in [0.1, 0.15) is 5.82 Å². The third-order valence-corrected chi connectivity index (χ3v) is 3.76. The first-order chi connectivity index (χ1) is 7.83. The molecule has 4 rings (SSSR count). The molecule has 3 fully saturated rings. The molecule has 0 aromatic heterocycles. The maximum Gasteiger partial charge on any atom is 0.125 e. The Bertz CT molecular complexity index is 376. The van der Waals surface area contributed by atoms with Crippen molar-refractivity contribution in [3.05, 3.63) is 30.1 Å². The van der Waals surface area contributed by atoms with Crippen molar-refractivity contribution in [3.63, 3.8) is 0 Å². The SMILES string of the molecule is Fc1cccc(N2CC3CCC2CCN3)c1. The summed E-state index contributed by atoms with van der Waals surface area (Å²) in [4.78, 5) is 2.37. The standard InChI is InChI=1S/C13H17FN2/c14-10-2-1-3-13(8-10)16-9-11-4-5-12(16)6-7-15-11/h1-3,8,11-12,15H,4-7,9H2. The highest BCUT2D eigenvalue weighted by Crippen LogP contribution is 2.28. The predicted molar refractivity (Wildman–Crippen MR) is 63.2 cm³/mol. The van der Waals surface area contributed by atoms with Crippen molar-refractivity contribution in [2.45, 2.75) is 31.3 Å². The van der Waals surface area contributed by atoms with Crippen LogP contribution >= 0.6 is 0 Å². The molecule has 2 unspecified atom stereocenters. The summed E-state index contributed by atoms with van der Waals surface area (Å²) in [6, 6.07) is 8.16. The number of rotatable bonds is 1. The van der Waals surface area contributed by atoms with Gasteiger partial charge < -0.3 is 10.2 Å². The van der Waals surface area contributed by atoms with E-state index >= 15 is 0 Å².